The number of nitro benzene ring substituents is 1. The van der Waals surface area contributed by atoms with E-state index in [9.17, 15) is 14.9 Å². The van der Waals surface area contributed by atoms with E-state index in [2.05, 4.69) is 20.4 Å². The van der Waals surface area contributed by atoms with Crippen LogP contribution in [0.2, 0.25) is 0 Å². The number of carbonyl (C=O) groups is 1. The minimum atomic E-state index is -0.416. The molecular weight excluding hydrogens is 436 g/mol. The summed E-state index contributed by atoms with van der Waals surface area (Å²) in [7, 11) is 0. The Morgan fingerprint density at radius 1 is 1.15 bits per heavy atom. The summed E-state index contributed by atoms with van der Waals surface area (Å²) in [4.78, 5) is 32.3. The lowest BCUT2D eigenvalue weighted by Gasteiger charge is -2.35. The Morgan fingerprint density at radius 2 is 1.88 bits per heavy atom. The molecule has 0 bridgehead atoms. The fourth-order valence-corrected chi connectivity index (χ4v) is 4.05. The van der Waals surface area contributed by atoms with Gasteiger partial charge in [0.05, 0.1) is 11.5 Å². The van der Waals surface area contributed by atoms with Crippen molar-refractivity contribution in [1.82, 2.24) is 20.4 Å². The topological polar surface area (TPSA) is 118 Å². The predicted octanol–water partition coefficient (Wildman–Crippen LogP) is 3.17. The minimum absolute atomic E-state index is 0.0449. The van der Waals surface area contributed by atoms with Crippen LogP contribution in [0.15, 0.2) is 47.0 Å². The molecule has 1 aromatic heterocycles. The van der Waals surface area contributed by atoms with Gasteiger partial charge in [0, 0.05) is 49.4 Å². The van der Waals surface area contributed by atoms with E-state index in [0.29, 0.717) is 55.7 Å². The van der Waals surface area contributed by atoms with Crippen molar-refractivity contribution in [2.24, 2.45) is 0 Å². The van der Waals surface area contributed by atoms with E-state index >= 15 is 0 Å². The molecule has 0 radical (unpaired) electrons. The fourth-order valence-electron chi connectivity index (χ4n) is 4.05. The van der Waals surface area contributed by atoms with E-state index in [1.54, 1.807) is 12.1 Å². The van der Waals surface area contributed by atoms with Crippen LogP contribution in [0.1, 0.15) is 34.7 Å². The van der Waals surface area contributed by atoms with Gasteiger partial charge in [0.15, 0.2) is 0 Å². The number of benzene rings is 2. The molecule has 0 atom stereocenters. The lowest BCUT2D eigenvalue weighted by Crippen LogP contribution is -2.46. The zero-order valence-electron chi connectivity index (χ0n) is 18.9. The molecule has 10 nitrogen and oxygen atoms in total. The number of anilines is 1. The largest absolute Gasteiger partial charge is 0.363 e. The van der Waals surface area contributed by atoms with Crippen molar-refractivity contribution in [3.8, 4) is 11.4 Å². The third-order valence-electron chi connectivity index (χ3n) is 6.20. The predicted molar refractivity (Wildman–Crippen MR) is 126 cm³/mol. The van der Waals surface area contributed by atoms with Crippen LogP contribution in [0.4, 0.5) is 11.4 Å². The number of carbonyl (C=O) groups excluding carboxylic acids is 1. The van der Waals surface area contributed by atoms with Gasteiger partial charge >= 0.3 is 0 Å². The summed E-state index contributed by atoms with van der Waals surface area (Å²) in [5, 5.41) is 18.7. The standard InChI is InChI=1S/C24H26N6O4/c1-16-2-4-17(5-3-16)23-26-22(34-27-23)15-28-10-12-29(13-11-28)20-9-6-18(14-21(20)30(32)33)24(31)25-19-7-8-19/h2-6,9,14,19H,7-8,10-13,15H2,1H3,(H,25,31). The van der Waals surface area contributed by atoms with E-state index in [4.69, 9.17) is 4.52 Å². The van der Waals surface area contributed by atoms with Gasteiger partial charge in [0.25, 0.3) is 11.6 Å². The monoisotopic (exact) mass is 462 g/mol. The molecule has 1 saturated carbocycles. The molecule has 5 rings (SSSR count). The number of hydrogen-bond acceptors (Lipinski definition) is 8. The third-order valence-corrected chi connectivity index (χ3v) is 6.20. The van der Waals surface area contributed by atoms with Crippen molar-refractivity contribution in [2.75, 3.05) is 31.1 Å². The second-order valence-corrected chi connectivity index (χ2v) is 8.85. The first kappa shape index (κ1) is 22.0. The number of aryl methyl sites for hydroxylation is 1. The normalized spacial score (nSPS) is 16.4. The highest BCUT2D eigenvalue weighted by Crippen LogP contribution is 2.31. The molecule has 3 aromatic rings. The molecule has 1 aliphatic heterocycles. The van der Waals surface area contributed by atoms with Gasteiger partial charge in [-0.05, 0) is 31.9 Å². The highest BCUT2D eigenvalue weighted by Gasteiger charge is 2.28. The van der Waals surface area contributed by atoms with E-state index < -0.39 is 4.92 Å². The summed E-state index contributed by atoms with van der Waals surface area (Å²) in [6.45, 7) is 5.18. The molecule has 1 saturated heterocycles. The Labute approximate surface area is 196 Å². The zero-order valence-corrected chi connectivity index (χ0v) is 18.9. The van der Waals surface area contributed by atoms with Crippen LogP contribution in [0.5, 0.6) is 0 Å². The zero-order chi connectivity index (χ0) is 23.7. The van der Waals surface area contributed by atoms with Gasteiger partial charge in [0.1, 0.15) is 5.69 Å². The molecule has 2 fully saturated rings. The van der Waals surface area contributed by atoms with Crippen LogP contribution in [0.3, 0.4) is 0 Å². The fraction of sp³-hybridized carbons (Fsp3) is 0.375. The molecule has 1 amide bonds. The van der Waals surface area contributed by atoms with Gasteiger partial charge in [-0.2, -0.15) is 4.98 Å². The molecule has 2 aromatic carbocycles. The number of nitrogens with one attached hydrogen (secondary N) is 1. The summed E-state index contributed by atoms with van der Waals surface area (Å²) in [6.07, 6.45) is 1.93. The number of rotatable bonds is 7. The molecule has 0 spiro atoms. The Kier molecular flexibility index (Phi) is 5.97. The number of nitrogens with zero attached hydrogens (tertiary/aromatic N) is 5. The second kappa shape index (κ2) is 9.22. The average Bonchev–Trinajstić information content (AvgIpc) is 3.54. The first-order valence-corrected chi connectivity index (χ1v) is 11.4. The smallest absolute Gasteiger partial charge is 0.293 e. The molecule has 10 heteroatoms. The van der Waals surface area contributed by atoms with Crippen LogP contribution >= 0.6 is 0 Å². The van der Waals surface area contributed by atoms with Gasteiger partial charge in [-0.1, -0.05) is 35.0 Å². The van der Waals surface area contributed by atoms with Crippen molar-refractivity contribution in [3.63, 3.8) is 0 Å². The lowest BCUT2D eigenvalue weighted by molar-refractivity contribution is -0.384. The van der Waals surface area contributed by atoms with Gasteiger partial charge in [-0.25, -0.2) is 0 Å². The van der Waals surface area contributed by atoms with Gasteiger partial charge < -0.3 is 14.7 Å². The molecule has 0 unspecified atom stereocenters. The minimum Gasteiger partial charge on any atom is -0.363 e. The summed E-state index contributed by atoms with van der Waals surface area (Å²) < 4.78 is 5.44. The summed E-state index contributed by atoms with van der Waals surface area (Å²) in [5.74, 6) is 0.850. The Hall–Kier alpha value is -3.79. The highest BCUT2D eigenvalue weighted by molar-refractivity contribution is 5.96. The van der Waals surface area contributed by atoms with E-state index in [0.717, 1.165) is 18.4 Å². The summed E-state index contributed by atoms with van der Waals surface area (Å²) in [5.41, 5.74) is 2.89. The van der Waals surface area contributed by atoms with E-state index in [1.807, 2.05) is 36.1 Å². The van der Waals surface area contributed by atoms with Gasteiger partial charge in [-0.15, -0.1) is 0 Å². The van der Waals surface area contributed by atoms with E-state index in [-0.39, 0.29) is 17.6 Å². The highest BCUT2D eigenvalue weighted by atomic mass is 16.6. The molecule has 176 valence electrons. The van der Waals surface area contributed by atoms with Crippen molar-refractivity contribution in [3.05, 3.63) is 69.6 Å². The molecular formula is C24H26N6O4. The first-order chi connectivity index (χ1) is 16.5. The Bertz CT molecular complexity index is 1200. The molecule has 2 heterocycles. The van der Waals surface area contributed by atoms with Gasteiger partial charge in [-0.3, -0.25) is 19.8 Å². The van der Waals surface area contributed by atoms with E-state index in [1.165, 1.54) is 11.6 Å². The molecule has 2 aliphatic rings. The third kappa shape index (κ3) is 4.91. The first-order valence-electron chi connectivity index (χ1n) is 11.4. The van der Waals surface area contributed by atoms with Gasteiger partial charge in [0.2, 0.25) is 11.7 Å². The quantitative estimate of drug-likeness (QED) is 0.420. The average molecular weight is 463 g/mol. The molecule has 1 aliphatic carbocycles. The van der Waals surface area contributed by atoms with Crippen LogP contribution in [0, 0.1) is 17.0 Å². The van der Waals surface area contributed by atoms with Crippen molar-refractivity contribution in [2.45, 2.75) is 32.4 Å². The summed E-state index contributed by atoms with van der Waals surface area (Å²) in [6, 6.07) is 12.9. The second-order valence-electron chi connectivity index (χ2n) is 8.85. The van der Waals surface area contributed by atoms with Crippen LogP contribution in [-0.4, -0.2) is 58.1 Å². The number of piperazine rings is 1. The maximum atomic E-state index is 12.3. The maximum Gasteiger partial charge on any atom is 0.293 e. The van der Waals surface area contributed by atoms with Crippen LogP contribution in [-0.2, 0) is 6.54 Å². The number of hydrogen-bond donors (Lipinski definition) is 1. The Morgan fingerprint density at radius 3 is 2.56 bits per heavy atom. The van der Waals surface area contributed by atoms with Crippen molar-refractivity contribution >= 4 is 17.3 Å². The van der Waals surface area contributed by atoms with Crippen LogP contribution < -0.4 is 10.2 Å². The Balaban J connectivity index is 1.21. The van der Waals surface area contributed by atoms with Crippen molar-refractivity contribution < 1.29 is 14.2 Å². The van der Waals surface area contributed by atoms with Crippen LogP contribution in [0.25, 0.3) is 11.4 Å². The number of aromatic nitrogens is 2. The van der Waals surface area contributed by atoms with Crippen molar-refractivity contribution in [1.29, 1.82) is 0 Å². The summed E-state index contributed by atoms with van der Waals surface area (Å²) >= 11 is 0. The maximum absolute atomic E-state index is 12.3. The molecule has 34 heavy (non-hydrogen) atoms. The lowest BCUT2D eigenvalue weighted by atomic mass is 10.1. The number of nitro groups is 1. The SMILES string of the molecule is Cc1ccc(-c2noc(CN3CCN(c4ccc(C(=O)NC5CC5)cc4[N+](=O)[O-])CC3)n2)cc1. The molecule has 1 N–H and O–H groups in total. The number of amides is 1.